The van der Waals surface area contributed by atoms with Gasteiger partial charge in [-0.25, -0.2) is 8.42 Å². The second kappa shape index (κ2) is 8.29. The Balaban J connectivity index is 1.51. The zero-order valence-electron chi connectivity index (χ0n) is 16.1. The summed E-state index contributed by atoms with van der Waals surface area (Å²) in [7, 11) is -3.57. The van der Waals surface area contributed by atoms with Gasteiger partial charge in [0.1, 0.15) is 12.4 Å². The predicted octanol–water partition coefficient (Wildman–Crippen LogP) is 3.54. The second-order valence-electron chi connectivity index (χ2n) is 6.61. The SMILES string of the molecule is CS(=O)(=O)C1=NN2C(=N)/C(=C/c3ccc(OCc4ccccc4Cl)cc3)C(=O)N=C2S1. The first-order chi connectivity index (χ1) is 14.7. The summed E-state index contributed by atoms with van der Waals surface area (Å²) in [6, 6.07) is 14.3. The third-order valence-electron chi connectivity index (χ3n) is 4.30. The highest BCUT2D eigenvalue weighted by Crippen LogP contribution is 2.30. The molecule has 0 bridgehead atoms. The van der Waals surface area contributed by atoms with E-state index in [0.717, 1.165) is 28.6 Å². The summed E-state index contributed by atoms with van der Waals surface area (Å²) in [6.07, 6.45) is 2.51. The van der Waals surface area contributed by atoms with Gasteiger partial charge >= 0.3 is 0 Å². The van der Waals surface area contributed by atoms with Crippen molar-refractivity contribution in [2.75, 3.05) is 6.26 Å². The molecule has 0 fully saturated rings. The van der Waals surface area contributed by atoms with Gasteiger partial charge in [0.15, 0.2) is 5.84 Å². The second-order valence-corrected chi connectivity index (χ2v) is 10.2. The Labute approximate surface area is 187 Å². The highest BCUT2D eigenvalue weighted by atomic mass is 35.5. The van der Waals surface area contributed by atoms with Crippen molar-refractivity contribution in [1.29, 1.82) is 5.41 Å². The number of fused-ring (bicyclic) bond motifs is 1. The maximum atomic E-state index is 12.4. The fourth-order valence-corrected chi connectivity index (χ4v) is 4.60. The van der Waals surface area contributed by atoms with Crippen molar-refractivity contribution in [3.63, 3.8) is 0 Å². The molecule has 0 unspecified atom stereocenters. The molecular formula is C20H15ClN4O4S2. The minimum atomic E-state index is -3.57. The van der Waals surface area contributed by atoms with Crippen molar-refractivity contribution in [3.8, 4) is 5.75 Å². The number of hydrogen-bond acceptors (Lipinski definition) is 7. The molecule has 1 N–H and O–H groups in total. The molecule has 0 saturated carbocycles. The Morgan fingerprint density at radius 1 is 1.19 bits per heavy atom. The third-order valence-corrected chi connectivity index (χ3v) is 7.24. The number of rotatable bonds is 4. The van der Waals surface area contributed by atoms with Crippen molar-refractivity contribution in [2.24, 2.45) is 10.1 Å². The number of hydrazone groups is 1. The Bertz CT molecular complexity index is 1280. The number of hydrogen-bond donors (Lipinski definition) is 1. The lowest BCUT2D eigenvalue weighted by atomic mass is 10.1. The van der Waals surface area contributed by atoms with E-state index in [4.69, 9.17) is 21.7 Å². The van der Waals surface area contributed by atoms with E-state index in [0.29, 0.717) is 22.9 Å². The van der Waals surface area contributed by atoms with E-state index >= 15 is 0 Å². The lowest BCUT2D eigenvalue weighted by Crippen LogP contribution is -2.35. The van der Waals surface area contributed by atoms with Crippen LogP contribution in [-0.4, -0.2) is 41.0 Å². The first-order valence-corrected chi connectivity index (χ1v) is 12.0. The van der Waals surface area contributed by atoms with Crippen LogP contribution in [0.25, 0.3) is 6.08 Å². The van der Waals surface area contributed by atoms with Crippen LogP contribution in [0.1, 0.15) is 11.1 Å². The molecule has 2 aliphatic heterocycles. The zero-order chi connectivity index (χ0) is 22.2. The summed E-state index contributed by atoms with van der Waals surface area (Å²) < 4.78 is 29.0. The average molecular weight is 475 g/mol. The molecule has 4 rings (SSSR count). The first kappa shape index (κ1) is 21.3. The van der Waals surface area contributed by atoms with Gasteiger partial charge in [-0.3, -0.25) is 10.2 Å². The smallest absolute Gasteiger partial charge is 0.283 e. The largest absolute Gasteiger partial charge is 0.489 e. The molecule has 0 aromatic heterocycles. The lowest BCUT2D eigenvalue weighted by molar-refractivity contribution is -0.114. The molecule has 31 heavy (non-hydrogen) atoms. The number of benzene rings is 2. The van der Waals surface area contributed by atoms with E-state index in [2.05, 4.69) is 10.1 Å². The monoisotopic (exact) mass is 474 g/mol. The summed E-state index contributed by atoms with van der Waals surface area (Å²) >= 11 is 6.87. The highest BCUT2D eigenvalue weighted by Gasteiger charge is 2.38. The van der Waals surface area contributed by atoms with Crippen LogP contribution in [0.15, 0.2) is 64.2 Å². The van der Waals surface area contributed by atoms with Gasteiger partial charge < -0.3 is 4.74 Å². The van der Waals surface area contributed by atoms with Gasteiger partial charge in [0, 0.05) is 16.8 Å². The molecular weight excluding hydrogens is 460 g/mol. The predicted molar refractivity (Wildman–Crippen MR) is 122 cm³/mol. The number of sulfone groups is 1. The van der Waals surface area contributed by atoms with Crippen LogP contribution >= 0.6 is 23.4 Å². The van der Waals surface area contributed by atoms with Gasteiger partial charge in [0.25, 0.3) is 5.91 Å². The third kappa shape index (κ3) is 4.55. The molecule has 0 aliphatic carbocycles. The number of nitrogens with zero attached hydrogens (tertiary/aromatic N) is 3. The summed E-state index contributed by atoms with van der Waals surface area (Å²) in [6.45, 7) is 0.314. The summed E-state index contributed by atoms with van der Waals surface area (Å²) in [4.78, 5) is 16.3. The number of ether oxygens (including phenoxy) is 1. The fraction of sp³-hybridized carbons (Fsp3) is 0.100. The molecule has 158 valence electrons. The van der Waals surface area contributed by atoms with Crippen molar-refractivity contribution >= 4 is 60.6 Å². The lowest BCUT2D eigenvalue weighted by Gasteiger charge is -2.20. The fourth-order valence-electron chi connectivity index (χ4n) is 2.73. The number of amides is 1. The van der Waals surface area contributed by atoms with Gasteiger partial charge in [-0.05, 0) is 41.6 Å². The van der Waals surface area contributed by atoms with E-state index in [-0.39, 0.29) is 21.0 Å². The zero-order valence-corrected chi connectivity index (χ0v) is 18.5. The molecule has 2 aromatic rings. The maximum absolute atomic E-state index is 12.4. The molecule has 0 saturated heterocycles. The first-order valence-electron chi connectivity index (χ1n) is 8.89. The Morgan fingerprint density at radius 2 is 1.90 bits per heavy atom. The number of nitrogens with one attached hydrogen (secondary N) is 1. The van der Waals surface area contributed by atoms with Crippen LogP contribution in [-0.2, 0) is 21.2 Å². The van der Waals surface area contributed by atoms with Crippen molar-refractivity contribution < 1.29 is 17.9 Å². The van der Waals surface area contributed by atoms with E-state index < -0.39 is 15.7 Å². The van der Waals surface area contributed by atoms with E-state index in [1.165, 1.54) is 6.08 Å². The number of aliphatic imine (C=N–C) groups is 1. The van der Waals surface area contributed by atoms with Crippen LogP contribution in [0.5, 0.6) is 5.75 Å². The number of carbonyl (C=O) groups excluding carboxylic acids is 1. The standard InChI is InChI=1S/C20H15ClN4O4S2/c1-31(27,28)20-24-25-17(22)15(18(26)23-19(25)30-20)10-12-6-8-14(9-7-12)29-11-13-4-2-3-5-16(13)21/h2-10,22H,11H2,1H3/b15-10-,22-17?. The molecule has 11 heteroatoms. The van der Waals surface area contributed by atoms with Crippen LogP contribution in [0.3, 0.4) is 0 Å². The topological polar surface area (TPSA) is 112 Å². The van der Waals surface area contributed by atoms with Crippen LogP contribution in [0.4, 0.5) is 0 Å². The molecule has 2 aliphatic rings. The van der Waals surface area contributed by atoms with Crippen LogP contribution < -0.4 is 4.74 Å². The molecule has 0 atom stereocenters. The van der Waals surface area contributed by atoms with E-state index in [1.807, 2.05) is 18.2 Å². The number of halogens is 1. The van der Waals surface area contributed by atoms with Gasteiger partial charge in [0.2, 0.25) is 19.4 Å². The van der Waals surface area contributed by atoms with Crippen molar-refractivity contribution in [1.82, 2.24) is 5.01 Å². The quantitative estimate of drug-likeness (QED) is 0.678. The van der Waals surface area contributed by atoms with E-state index in [1.54, 1.807) is 30.3 Å². The highest BCUT2D eigenvalue weighted by molar-refractivity contribution is 8.42. The number of carbonyl (C=O) groups is 1. The molecule has 2 heterocycles. The Morgan fingerprint density at radius 3 is 2.58 bits per heavy atom. The minimum Gasteiger partial charge on any atom is -0.489 e. The van der Waals surface area contributed by atoms with Crippen LogP contribution in [0.2, 0.25) is 5.02 Å². The molecule has 2 aromatic carbocycles. The molecule has 0 radical (unpaired) electrons. The average Bonchev–Trinajstić information content (AvgIpc) is 3.16. The van der Waals surface area contributed by atoms with Crippen molar-refractivity contribution in [2.45, 2.75) is 6.61 Å². The molecule has 1 amide bonds. The Kier molecular flexibility index (Phi) is 5.69. The summed E-state index contributed by atoms with van der Waals surface area (Å²) in [5.41, 5.74) is 1.52. The normalized spacial score (nSPS) is 17.5. The van der Waals surface area contributed by atoms with Gasteiger partial charge in [-0.1, -0.05) is 41.9 Å². The van der Waals surface area contributed by atoms with Crippen LogP contribution in [0, 0.1) is 5.41 Å². The summed E-state index contributed by atoms with van der Waals surface area (Å²) in [5, 5.41) is 13.9. The van der Waals surface area contributed by atoms with E-state index in [9.17, 15) is 13.2 Å². The minimum absolute atomic E-state index is 0.00702. The van der Waals surface area contributed by atoms with Gasteiger partial charge in [-0.15, -0.1) is 5.10 Å². The molecule has 0 spiro atoms. The number of amidine groups is 2. The Hall–Kier alpha value is -2.95. The number of thioether (sulfide) groups is 1. The maximum Gasteiger partial charge on any atom is 0.283 e. The molecule has 8 nitrogen and oxygen atoms in total. The van der Waals surface area contributed by atoms with Gasteiger partial charge in [0.05, 0.1) is 5.57 Å². The van der Waals surface area contributed by atoms with Gasteiger partial charge in [-0.2, -0.15) is 10.0 Å². The summed E-state index contributed by atoms with van der Waals surface area (Å²) in [5.74, 6) is -0.251. The van der Waals surface area contributed by atoms with Crippen molar-refractivity contribution in [3.05, 3.63) is 70.3 Å².